The van der Waals surface area contributed by atoms with Gasteiger partial charge in [-0.1, -0.05) is 36.0 Å². The number of aliphatic imine (C=N–C) groups is 1. The van der Waals surface area contributed by atoms with Crippen LogP contribution in [-0.4, -0.2) is 47.4 Å². The van der Waals surface area contributed by atoms with Gasteiger partial charge in [0.15, 0.2) is 17.6 Å². The SMILES string of the molecule is C[N+]1=CC(C2CC3CSC(NC(=O)c4ccccc4)=NC3(c3ccc(F)cc3F)CO2)=C1. The molecule has 1 amide bonds. The van der Waals surface area contributed by atoms with E-state index >= 15 is 0 Å². The quantitative estimate of drug-likeness (QED) is 0.720. The maximum atomic E-state index is 15.0. The molecule has 3 aliphatic rings. The second-order valence-corrected chi connectivity index (χ2v) is 9.26. The molecule has 0 aromatic heterocycles. The van der Waals surface area contributed by atoms with E-state index in [-0.39, 0.29) is 30.1 Å². The van der Waals surface area contributed by atoms with Gasteiger partial charge in [-0.15, -0.1) is 0 Å². The third-order valence-electron chi connectivity index (χ3n) is 6.13. The van der Waals surface area contributed by atoms with Crippen molar-refractivity contribution in [2.75, 3.05) is 19.4 Å². The van der Waals surface area contributed by atoms with Crippen molar-refractivity contribution < 1.29 is 22.9 Å². The van der Waals surface area contributed by atoms with Crippen LogP contribution in [-0.2, 0) is 10.3 Å². The highest BCUT2D eigenvalue weighted by molar-refractivity contribution is 8.13. The zero-order valence-electron chi connectivity index (χ0n) is 17.4. The van der Waals surface area contributed by atoms with Crippen LogP contribution in [0.25, 0.3) is 0 Å². The Bertz CT molecular complexity index is 1170. The first-order valence-electron chi connectivity index (χ1n) is 10.4. The lowest BCUT2D eigenvalue weighted by Gasteiger charge is -2.46. The van der Waals surface area contributed by atoms with Crippen LogP contribution in [0.4, 0.5) is 8.78 Å². The van der Waals surface area contributed by atoms with Gasteiger partial charge in [0, 0.05) is 28.9 Å². The molecule has 3 aliphatic heterocycles. The van der Waals surface area contributed by atoms with E-state index in [9.17, 15) is 13.6 Å². The number of carbonyl (C=O) groups is 1. The third kappa shape index (κ3) is 3.78. The van der Waals surface area contributed by atoms with Crippen LogP contribution >= 0.6 is 11.8 Å². The molecule has 0 bridgehead atoms. The van der Waals surface area contributed by atoms with Crippen molar-refractivity contribution in [3.63, 3.8) is 0 Å². The molecular weight excluding hydrogens is 432 g/mol. The summed E-state index contributed by atoms with van der Waals surface area (Å²) in [5.74, 6) is -0.984. The number of amidine groups is 1. The van der Waals surface area contributed by atoms with Crippen LogP contribution in [0.2, 0.25) is 0 Å². The summed E-state index contributed by atoms with van der Waals surface area (Å²) in [6, 6.07) is 12.4. The summed E-state index contributed by atoms with van der Waals surface area (Å²) in [6.07, 6.45) is 4.59. The average Bonchev–Trinajstić information content (AvgIpc) is 2.77. The van der Waals surface area contributed by atoms with Crippen molar-refractivity contribution in [1.82, 2.24) is 5.32 Å². The van der Waals surface area contributed by atoms with Gasteiger partial charge < -0.3 is 10.1 Å². The summed E-state index contributed by atoms with van der Waals surface area (Å²) < 4.78 is 36.7. The highest BCUT2D eigenvalue weighted by Crippen LogP contribution is 2.47. The summed E-state index contributed by atoms with van der Waals surface area (Å²) in [5.41, 5.74) is 0.863. The summed E-state index contributed by atoms with van der Waals surface area (Å²) in [5, 5.41) is 3.27. The van der Waals surface area contributed by atoms with Crippen molar-refractivity contribution in [3.8, 4) is 0 Å². The minimum atomic E-state index is -1.03. The molecular formula is C24H22F2N3O2S+. The summed E-state index contributed by atoms with van der Waals surface area (Å²) >= 11 is 1.44. The minimum Gasteiger partial charge on any atom is -0.370 e. The number of carbonyl (C=O) groups excluding carboxylic acids is 1. The van der Waals surface area contributed by atoms with Crippen LogP contribution < -0.4 is 5.32 Å². The number of fused-ring (bicyclic) bond motifs is 1. The molecule has 2 aromatic carbocycles. The fourth-order valence-corrected chi connectivity index (χ4v) is 5.63. The van der Waals surface area contributed by atoms with Crippen LogP contribution in [0.5, 0.6) is 0 Å². The monoisotopic (exact) mass is 454 g/mol. The average molecular weight is 455 g/mol. The first-order chi connectivity index (χ1) is 15.4. The number of halogens is 2. The zero-order chi connectivity index (χ0) is 22.3. The van der Waals surface area contributed by atoms with Gasteiger partial charge in [0.05, 0.1) is 12.7 Å². The number of hydrogen-bond donors (Lipinski definition) is 1. The van der Waals surface area contributed by atoms with Gasteiger partial charge in [0.2, 0.25) is 0 Å². The number of ether oxygens (including phenoxy) is 1. The Morgan fingerprint density at radius 1 is 1.25 bits per heavy atom. The molecule has 32 heavy (non-hydrogen) atoms. The Morgan fingerprint density at radius 2 is 2.03 bits per heavy atom. The summed E-state index contributed by atoms with van der Waals surface area (Å²) in [6.45, 7) is 0.144. The second-order valence-electron chi connectivity index (χ2n) is 8.25. The lowest BCUT2D eigenvalue weighted by atomic mass is 9.74. The summed E-state index contributed by atoms with van der Waals surface area (Å²) in [7, 11) is 1.95. The van der Waals surface area contributed by atoms with Gasteiger partial charge in [-0.05, 0) is 24.6 Å². The molecule has 3 unspecified atom stereocenters. The molecule has 1 N–H and O–H groups in total. The van der Waals surface area contributed by atoms with Gasteiger partial charge in [-0.2, -0.15) is 0 Å². The number of thioether (sulfide) groups is 1. The molecule has 0 aliphatic carbocycles. The normalized spacial score (nSPS) is 26.8. The number of benzene rings is 2. The lowest BCUT2D eigenvalue weighted by Crippen LogP contribution is -2.52. The van der Waals surface area contributed by atoms with Gasteiger partial charge in [0.1, 0.15) is 29.8 Å². The lowest BCUT2D eigenvalue weighted by molar-refractivity contribution is -0.430. The third-order valence-corrected chi connectivity index (χ3v) is 7.17. The maximum Gasteiger partial charge on any atom is 0.257 e. The van der Waals surface area contributed by atoms with E-state index in [1.807, 2.05) is 30.1 Å². The maximum absolute atomic E-state index is 15.0. The van der Waals surface area contributed by atoms with E-state index < -0.39 is 17.2 Å². The highest BCUT2D eigenvalue weighted by Gasteiger charge is 2.51. The predicted octanol–water partition coefficient (Wildman–Crippen LogP) is 3.71. The highest BCUT2D eigenvalue weighted by atomic mass is 32.2. The number of nitrogens with one attached hydrogen (secondary N) is 1. The predicted molar refractivity (Wildman–Crippen MR) is 120 cm³/mol. The molecule has 0 spiro atoms. The van der Waals surface area contributed by atoms with E-state index in [0.717, 1.165) is 11.6 Å². The fraction of sp³-hybridized carbons (Fsp3) is 0.292. The van der Waals surface area contributed by atoms with E-state index in [1.54, 1.807) is 24.3 Å². The Morgan fingerprint density at radius 3 is 2.75 bits per heavy atom. The van der Waals surface area contributed by atoms with Crippen molar-refractivity contribution in [2.24, 2.45) is 10.9 Å². The topological polar surface area (TPSA) is 53.7 Å². The number of amides is 1. The van der Waals surface area contributed by atoms with Crippen molar-refractivity contribution in [2.45, 2.75) is 18.1 Å². The molecule has 8 heteroatoms. The van der Waals surface area contributed by atoms with Crippen LogP contribution in [0.1, 0.15) is 22.3 Å². The first-order valence-corrected chi connectivity index (χ1v) is 11.4. The second kappa shape index (κ2) is 8.26. The molecule has 3 atom stereocenters. The fourth-order valence-electron chi connectivity index (χ4n) is 4.47. The molecule has 2 aromatic rings. The van der Waals surface area contributed by atoms with Crippen LogP contribution in [0, 0.1) is 17.6 Å². The summed E-state index contributed by atoms with van der Waals surface area (Å²) in [4.78, 5) is 17.5. The van der Waals surface area contributed by atoms with Crippen molar-refractivity contribution in [1.29, 1.82) is 0 Å². The number of rotatable bonds is 3. The Hall–Kier alpha value is -2.84. The van der Waals surface area contributed by atoms with Crippen molar-refractivity contribution >= 4 is 29.1 Å². The van der Waals surface area contributed by atoms with Gasteiger partial charge in [0.25, 0.3) is 5.91 Å². The Labute approximate surface area is 188 Å². The Balaban J connectivity index is 1.48. The Kier molecular flexibility index (Phi) is 5.43. The van der Waals surface area contributed by atoms with Crippen LogP contribution in [0.3, 0.4) is 0 Å². The van der Waals surface area contributed by atoms with E-state index in [2.05, 4.69) is 5.32 Å². The largest absolute Gasteiger partial charge is 0.370 e. The van der Waals surface area contributed by atoms with Gasteiger partial charge >= 0.3 is 0 Å². The smallest absolute Gasteiger partial charge is 0.257 e. The first kappa shape index (κ1) is 21.0. The van der Waals surface area contributed by atoms with Crippen molar-refractivity contribution in [3.05, 3.63) is 83.1 Å². The van der Waals surface area contributed by atoms with E-state index in [4.69, 9.17) is 9.73 Å². The molecule has 1 fully saturated rings. The van der Waals surface area contributed by atoms with Gasteiger partial charge in [-0.3, -0.25) is 4.79 Å². The molecule has 1 saturated heterocycles. The molecule has 0 saturated carbocycles. The molecule has 5 rings (SSSR count). The standard InChI is InChI=1S/C24H21F2N3O2S/c1-29-11-16(12-29)21-9-17-13-32-23(27-22(30)15-5-3-2-4-6-15)28-24(17,14-31-21)19-8-7-18(25)10-20(19)26/h2-8,10-12,17,21H,9,13-14H2,1H3/p+1. The zero-order valence-corrected chi connectivity index (χ0v) is 18.2. The molecule has 0 radical (unpaired) electrons. The number of nitrogens with zero attached hydrogens (tertiary/aromatic N) is 2. The van der Waals surface area contributed by atoms with Crippen LogP contribution in [0.15, 0.2) is 65.3 Å². The molecule has 3 heterocycles. The van der Waals surface area contributed by atoms with Gasteiger partial charge in [-0.25, -0.2) is 18.3 Å². The number of hydrogen-bond acceptors (Lipinski definition) is 4. The molecule has 164 valence electrons. The molecule has 5 nitrogen and oxygen atoms in total. The minimum absolute atomic E-state index is 0.0382. The van der Waals surface area contributed by atoms with E-state index in [0.29, 0.717) is 22.9 Å². The van der Waals surface area contributed by atoms with E-state index in [1.165, 1.54) is 23.9 Å².